The smallest absolute Gasteiger partial charge is 0.251 e. The lowest BCUT2D eigenvalue weighted by molar-refractivity contribution is 0.0938. The Balaban J connectivity index is 2.02. The first-order valence-electron chi connectivity index (χ1n) is 6.80. The normalized spacial score (nSPS) is 21.4. The molecule has 1 heterocycles. The zero-order chi connectivity index (χ0) is 14.6. The average molecular weight is 296 g/mol. The molecule has 1 unspecified atom stereocenters. The summed E-state index contributed by atoms with van der Waals surface area (Å²) >= 11 is 0. The molecule has 1 atom stereocenters. The van der Waals surface area contributed by atoms with E-state index in [2.05, 4.69) is 5.32 Å². The van der Waals surface area contributed by atoms with Crippen molar-refractivity contribution >= 4 is 15.7 Å². The molecular formula is C14H20N2O3S. The fourth-order valence-corrected chi connectivity index (χ4v) is 4.08. The highest BCUT2D eigenvalue weighted by Gasteiger charge is 2.26. The van der Waals surface area contributed by atoms with Crippen LogP contribution in [0.2, 0.25) is 0 Å². The molecule has 1 fully saturated rings. The van der Waals surface area contributed by atoms with Crippen molar-refractivity contribution in [3.63, 3.8) is 0 Å². The molecule has 3 N–H and O–H groups in total. The number of amides is 1. The molecule has 0 bridgehead atoms. The van der Waals surface area contributed by atoms with Crippen molar-refractivity contribution in [2.75, 3.05) is 18.1 Å². The molecule has 0 aliphatic carbocycles. The van der Waals surface area contributed by atoms with Gasteiger partial charge >= 0.3 is 0 Å². The van der Waals surface area contributed by atoms with Gasteiger partial charge in [-0.15, -0.1) is 0 Å². The zero-order valence-corrected chi connectivity index (χ0v) is 12.2. The van der Waals surface area contributed by atoms with Crippen molar-refractivity contribution in [2.24, 2.45) is 5.73 Å². The number of nitrogens with two attached hydrogens (primary N) is 1. The van der Waals surface area contributed by atoms with Gasteiger partial charge in [0.15, 0.2) is 9.84 Å². The maximum Gasteiger partial charge on any atom is 0.251 e. The second-order valence-electron chi connectivity index (χ2n) is 5.17. The molecule has 1 aliphatic rings. The highest BCUT2D eigenvalue weighted by atomic mass is 32.2. The summed E-state index contributed by atoms with van der Waals surface area (Å²) in [5, 5.41) is 2.81. The third kappa shape index (κ3) is 4.05. The summed E-state index contributed by atoms with van der Waals surface area (Å²) in [7, 11) is -3.01. The molecule has 0 saturated carbocycles. The van der Waals surface area contributed by atoms with Crippen molar-refractivity contribution in [3.05, 3.63) is 35.4 Å². The molecule has 0 radical (unpaired) electrons. The average Bonchev–Trinajstić information content (AvgIpc) is 2.38. The van der Waals surface area contributed by atoms with E-state index in [1.54, 1.807) is 12.1 Å². The monoisotopic (exact) mass is 296 g/mol. The molecule has 1 aliphatic heterocycles. The van der Waals surface area contributed by atoms with Crippen LogP contribution in [0.15, 0.2) is 24.3 Å². The Kier molecular flexibility index (Phi) is 4.77. The predicted octanol–water partition coefficient (Wildman–Crippen LogP) is 0.495. The van der Waals surface area contributed by atoms with Crippen LogP contribution in [0.3, 0.4) is 0 Å². The van der Waals surface area contributed by atoms with Gasteiger partial charge in [-0.3, -0.25) is 4.79 Å². The van der Waals surface area contributed by atoms with E-state index >= 15 is 0 Å². The Labute approximate surface area is 119 Å². The molecule has 5 nitrogen and oxygen atoms in total. The number of carbonyl (C=O) groups excluding carboxylic acids is 1. The maximum absolute atomic E-state index is 12.1. The van der Waals surface area contributed by atoms with Crippen molar-refractivity contribution in [2.45, 2.75) is 25.3 Å². The molecule has 0 aromatic heterocycles. The van der Waals surface area contributed by atoms with Crippen molar-refractivity contribution < 1.29 is 13.2 Å². The van der Waals surface area contributed by atoms with Gasteiger partial charge in [0.2, 0.25) is 0 Å². The summed E-state index contributed by atoms with van der Waals surface area (Å²) in [6, 6.07) is 7.00. The SMILES string of the molecule is NCCc1cccc(C(=O)NC2CCCS(=O)(=O)C2)c1. The topological polar surface area (TPSA) is 89.3 Å². The third-order valence-corrected chi connectivity index (χ3v) is 5.24. The van der Waals surface area contributed by atoms with Crippen LogP contribution in [0.1, 0.15) is 28.8 Å². The van der Waals surface area contributed by atoms with E-state index in [0.29, 0.717) is 24.9 Å². The lowest BCUT2D eigenvalue weighted by Crippen LogP contribution is -2.43. The van der Waals surface area contributed by atoms with Crippen LogP contribution in [-0.4, -0.2) is 38.4 Å². The van der Waals surface area contributed by atoms with E-state index in [0.717, 1.165) is 12.0 Å². The number of carbonyl (C=O) groups is 1. The highest BCUT2D eigenvalue weighted by molar-refractivity contribution is 7.91. The van der Waals surface area contributed by atoms with E-state index in [1.165, 1.54) is 0 Å². The van der Waals surface area contributed by atoms with Gasteiger partial charge in [0.05, 0.1) is 11.5 Å². The van der Waals surface area contributed by atoms with Crippen LogP contribution < -0.4 is 11.1 Å². The molecule has 6 heteroatoms. The minimum Gasteiger partial charge on any atom is -0.348 e. The fraction of sp³-hybridized carbons (Fsp3) is 0.500. The molecule has 0 spiro atoms. The van der Waals surface area contributed by atoms with E-state index in [-0.39, 0.29) is 23.5 Å². The predicted molar refractivity (Wildman–Crippen MR) is 78.3 cm³/mol. The Morgan fingerprint density at radius 2 is 2.20 bits per heavy atom. The van der Waals surface area contributed by atoms with Crippen molar-refractivity contribution in [1.29, 1.82) is 0 Å². The molecule has 1 aromatic rings. The summed E-state index contributed by atoms with van der Waals surface area (Å²) in [6.45, 7) is 0.534. The maximum atomic E-state index is 12.1. The Morgan fingerprint density at radius 1 is 1.40 bits per heavy atom. The van der Waals surface area contributed by atoms with E-state index in [4.69, 9.17) is 5.73 Å². The van der Waals surface area contributed by atoms with Crippen LogP contribution in [0.25, 0.3) is 0 Å². The minimum absolute atomic E-state index is 0.0429. The first kappa shape index (κ1) is 15.0. The summed E-state index contributed by atoms with van der Waals surface area (Å²) in [4.78, 5) is 12.1. The number of benzene rings is 1. The lowest BCUT2D eigenvalue weighted by Gasteiger charge is -2.23. The van der Waals surface area contributed by atoms with Crippen LogP contribution in [0.5, 0.6) is 0 Å². The van der Waals surface area contributed by atoms with Crippen LogP contribution in [0.4, 0.5) is 0 Å². The molecule has 1 aromatic carbocycles. The van der Waals surface area contributed by atoms with Crippen LogP contribution >= 0.6 is 0 Å². The van der Waals surface area contributed by atoms with Gasteiger partial charge in [-0.25, -0.2) is 8.42 Å². The first-order valence-corrected chi connectivity index (χ1v) is 8.62. The Morgan fingerprint density at radius 3 is 2.90 bits per heavy atom. The van der Waals surface area contributed by atoms with Gasteiger partial charge < -0.3 is 11.1 Å². The quantitative estimate of drug-likeness (QED) is 0.846. The number of hydrogen-bond donors (Lipinski definition) is 2. The largest absolute Gasteiger partial charge is 0.348 e. The zero-order valence-electron chi connectivity index (χ0n) is 11.3. The van der Waals surface area contributed by atoms with E-state index < -0.39 is 9.84 Å². The van der Waals surface area contributed by atoms with Gasteiger partial charge in [-0.05, 0) is 43.5 Å². The second kappa shape index (κ2) is 6.37. The Bertz CT molecular complexity index is 584. The van der Waals surface area contributed by atoms with Gasteiger partial charge in [-0.1, -0.05) is 12.1 Å². The summed E-state index contributed by atoms with van der Waals surface area (Å²) in [5.41, 5.74) is 7.06. The van der Waals surface area contributed by atoms with E-state index in [9.17, 15) is 13.2 Å². The number of hydrogen-bond acceptors (Lipinski definition) is 4. The molecule has 1 saturated heterocycles. The van der Waals surface area contributed by atoms with Crippen LogP contribution in [-0.2, 0) is 16.3 Å². The summed E-state index contributed by atoms with van der Waals surface area (Å²) in [5.74, 6) is 0.0537. The van der Waals surface area contributed by atoms with Gasteiger partial charge in [0.25, 0.3) is 5.91 Å². The summed E-state index contributed by atoms with van der Waals surface area (Å²) < 4.78 is 23.1. The van der Waals surface area contributed by atoms with E-state index in [1.807, 2.05) is 12.1 Å². The molecule has 110 valence electrons. The van der Waals surface area contributed by atoms with Gasteiger partial charge in [0.1, 0.15) is 0 Å². The van der Waals surface area contributed by atoms with Crippen molar-refractivity contribution in [1.82, 2.24) is 5.32 Å². The molecular weight excluding hydrogens is 276 g/mol. The summed E-state index contributed by atoms with van der Waals surface area (Å²) in [6.07, 6.45) is 2.05. The first-order chi connectivity index (χ1) is 9.50. The number of sulfone groups is 1. The third-order valence-electron chi connectivity index (χ3n) is 3.42. The standard InChI is InChI=1S/C14H20N2O3S/c15-7-6-11-3-1-4-12(9-11)14(17)16-13-5-2-8-20(18,19)10-13/h1,3-4,9,13H,2,5-8,10,15H2,(H,16,17). The van der Waals surface area contributed by atoms with Gasteiger partial charge in [0, 0.05) is 11.6 Å². The molecule has 20 heavy (non-hydrogen) atoms. The second-order valence-corrected chi connectivity index (χ2v) is 7.39. The highest BCUT2D eigenvalue weighted by Crippen LogP contribution is 2.13. The van der Waals surface area contributed by atoms with Crippen molar-refractivity contribution in [3.8, 4) is 0 Å². The molecule has 2 rings (SSSR count). The lowest BCUT2D eigenvalue weighted by atomic mass is 10.1. The number of rotatable bonds is 4. The van der Waals surface area contributed by atoms with Gasteiger partial charge in [-0.2, -0.15) is 0 Å². The van der Waals surface area contributed by atoms with Crippen LogP contribution in [0, 0.1) is 0 Å². The number of nitrogens with one attached hydrogen (secondary N) is 1. The molecule has 1 amide bonds. The minimum atomic E-state index is -3.01. The Hall–Kier alpha value is -1.40. The fourth-order valence-electron chi connectivity index (χ4n) is 2.44.